The minimum atomic E-state index is -0.870. The molecule has 0 unspecified atom stereocenters. The van der Waals surface area contributed by atoms with Gasteiger partial charge in [0.25, 0.3) is 5.69 Å². The minimum Gasteiger partial charge on any atom is -0.416 e. The molecule has 0 amide bonds. The number of esters is 1. The van der Waals surface area contributed by atoms with Crippen molar-refractivity contribution in [3.05, 3.63) is 73.8 Å². The van der Waals surface area contributed by atoms with Gasteiger partial charge in [0.05, 0.1) is 28.6 Å². The van der Waals surface area contributed by atoms with E-state index >= 15 is 0 Å². The molecule has 0 saturated carbocycles. The van der Waals surface area contributed by atoms with Crippen LogP contribution in [0.15, 0.2) is 42.5 Å². The quantitative estimate of drug-likeness (QED) is 0.337. The number of carbonyl (C=O) groups excluding carboxylic acids is 1. The van der Waals surface area contributed by atoms with E-state index in [1.54, 1.807) is 0 Å². The average Bonchev–Trinajstić information content (AvgIpc) is 2.68. The Morgan fingerprint density at radius 1 is 1.00 bits per heavy atom. The van der Waals surface area contributed by atoms with Crippen LogP contribution in [0.25, 0.3) is 0 Å². The van der Waals surface area contributed by atoms with Gasteiger partial charge in [-0.05, 0) is 30.7 Å². The molecule has 0 bridgehead atoms. The summed E-state index contributed by atoms with van der Waals surface area (Å²) in [5.74, 6) is -1.12. The van der Waals surface area contributed by atoms with Crippen molar-refractivity contribution in [1.29, 1.82) is 0 Å². The number of hydrogen-bond acceptors (Lipinski definition) is 8. The van der Waals surface area contributed by atoms with Gasteiger partial charge in [0.1, 0.15) is 0 Å². The minimum absolute atomic E-state index is 0.0259. The number of nitro benzene ring substituents is 2. The van der Waals surface area contributed by atoms with Crippen molar-refractivity contribution in [1.82, 2.24) is 0 Å². The third-order valence-electron chi connectivity index (χ3n) is 3.80. The van der Waals surface area contributed by atoms with Crippen LogP contribution < -0.4 is 4.74 Å². The van der Waals surface area contributed by atoms with Crippen molar-refractivity contribution in [2.75, 3.05) is 13.2 Å². The Morgan fingerprint density at radius 2 is 1.67 bits per heavy atom. The number of rotatable bonds is 5. The van der Waals surface area contributed by atoms with Crippen LogP contribution in [0.4, 0.5) is 11.4 Å². The molecule has 10 nitrogen and oxygen atoms in total. The second-order valence-electron chi connectivity index (χ2n) is 5.60. The van der Waals surface area contributed by atoms with Crippen LogP contribution in [-0.2, 0) is 9.47 Å². The summed E-state index contributed by atoms with van der Waals surface area (Å²) in [7, 11) is 0. The molecule has 0 atom stereocenters. The first kappa shape index (κ1) is 18.4. The van der Waals surface area contributed by atoms with Crippen LogP contribution in [0.3, 0.4) is 0 Å². The lowest BCUT2D eigenvalue weighted by Gasteiger charge is -2.23. The van der Waals surface area contributed by atoms with E-state index in [4.69, 9.17) is 14.2 Å². The van der Waals surface area contributed by atoms with E-state index in [0.29, 0.717) is 18.8 Å². The first-order valence-electron chi connectivity index (χ1n) is 7.94. The van der Waals surface area contributed by atoms with Gasteiger partial charge in [-0.15, -0.1) is 0 Å². The van der Waals surface area contributed by atoms with E-state index < -0.39 is 27.8 Å². The number of benzene rings is 2. The lowest BCUT2D eigenvalue weighted by Crippen LogP contribution is -2.18. The fraction of sp³-hybridized carbons (Fsp3) is 0.235. The predicted molar refractivity (Wildman–Crippen MR) is 90.4 cm³/mol. The smallest absolute Gasteiger partial charge is 0.343 e. The highest BCUT2D eigenvalue weighted by Gasteiger charge is 2.24. The van der Waals surface area contributed by atoms with Gasteiger partial charge in [-0.2, -0.15) is 0 Å². The number of hydrogen-bond donors (Lipinski definition) is 0. The van der Waals surface area contributed by atoms with E-state index in [-0.39, 0.29) is 17.0 Å². The van der Waals surface area contributed by atoms with E-state index in [0.717, 1.165) is 18.6 Å². The third kappa shape index (κ3) is 4.25. The lowest BCUT2D eigenvalue weighted by atomic mass is 10.1. The SMILES string of the molecule is O=C(Oc1ccc(C2OCCCO2)cc1[N+](=O)[O-])c1ccc([N+](=O)[O-])cc1. The predicted octanol–water partition coefficient (Wildman–Crippen LogP) is 3.16. The van der Waals surface area contributed by atoms with E-state index in [1.807, 2.05) is 0 Å². The van der Waals surface area contributed by atoms with Gasteiger partial charge < -0.3 is 14.2 Å². The summed E-state index contributed by atoms with van der Waals surface area (Å²) in [6.45, 7) is 0.963. The molecule has 0 radical (unpaired) electrons. The third-order valence-corrected chi connectivity index (χ3v) is 3.80. The summed E-state index contributed by atoms with van der Waals surface area (Å²) in [5.41, 5.74) is -0.135. The first-order valence-corrected chi connectivity index (χ1v) is 7.94. The summed E-state index contributed by atoms with van der Waals surface area (Å²) >= 11 is 0. The van der Waals surface area contributed by atoms with Gasteiger partial charge >= 0.3 is 11.7 Å². The van der Waals surface area contributed by atoms with Gasteiger partial charge in [0.15, 0.2) is 6.29 Å². The van der Waals surface area contributed by atoms with Crippen LogP contribution >= 0.6 is 0 Å². The van der Waals surface area contributed by atoms with Crippen molar-refractivity contribution in [2.24, 2.45) is 0 Å². The number of ether oxygens (including phenoxy) is 3. The highest BCUT2D eigenvalue weighted by atomic mass is 16.7. The molecule has 10 heteroatoms. The Labute approximate surface area is 152 Å². The monoisotopic (exact) mass is 374 g/mol. The molecule has 1 aliphatic rings. The zero-order valence-electron chi connectivity index (χ0n) is 13.9. The van der Waals surface area contributed by atoms with Crippen LogP contribution in [0.1, 0.15) is 28.6 Å². The molecule has 0 aromatic heterocycles. The largest absolute Gasteiger partial charge is 0.416 e. The summed E-state index contributed by atoms with van der Waals surface area (Å²) in [6, 6.07) is 8.75. The molecule has 2 aromatic rings. The molecule has 140 valence electrons. The zero-order chi connectivity index (χ0) is 19.4. The van der Waals surface area contributed by atoms with E-state index in [2.05, 4.69) is 0 Å². The van der Waals surface area contributed by atoms with Gasteiger partial charge in [-0.25, -0.2) is 4.79 Å². The summed E-state index contributed by atoms with van der Waals surface area (Å²) in [5, 5.41) is 22.0. The maximum absolute atomic E-state index is 12.2. The maximum Gasteiger partial charge on any atom is 0.343 e. The van der Waals surface area contributed by atoms with Crippen molar-refractivity contribution >= 4 is 17.3 Å². The molecule has 0 N–H and O–H groups in total. The summed E-state index contributed by atoms with van der Waals surface area (Å²) in [6.07, 6.45) is 0.0284. The molecule has 1 aliphatic heterocycles. The molecule has 3 rings (SSSR count). The fourth-order valence-electron chi connectivity index (χ4n) is 2.47. The van der Waals surface area contributed by atoms with Crippen LogP contribution in [0.2, 0.25) is 0 Å². The average molecular weight is 374 g/mol. The molecule has 1 saturated heterocycles. The van der Waals surface area contributed by atoms with E-state index in [1.165, 1.54) is 30.3 Å². The Hall–Kier alpha value is -3.37. The fourth-order valence-corrected chi connectivity index (χ4v) is 2.47. The normalized spacial score (nSPS) is 14.5. The highest BCUT2D eigenvalue weighted by molar-refractivity contribution is 5.91. The highest BCUT2D eigenvalue weighted by Crippen LogP contribution is 2.33. The maximum atomic E-state index is 12.2. The van der Waals surface area contributed by atoms with Crippen LogP contribution in [0, 0.1) is 20.2 Å². The second kappa shape index (κ2) is 7.89. The summed E-state index contributed by atoms with van der Waals surface area (Å²) in [4.78, 5) is 32.9. The molecular formula is C17H14N2O8. The van der Waals surface area contributed by atoms with Gasteiger partial charge in [0, 0.05) is 23.8 Å². The van der Waals surface area contributed by atoms with Gasteiger partial charge in [-0.3, -0.25) is 20.2 Å². The van der Waals surface area contributed by atoms with Crippen molar-refractivity contribution in [3.8, 4) is 5.75 Å². The zero-order valence-corrected chi connectivity index (χ0v) is 13.9. The molecule has 0 aliphatic carbocycles. The molecule has 27 heavy (non-hydrogen) atoms. The van der Waals surface area contributed by atoms with Gasteiger partial charge in [0.2, 0.25) is 5.75 Å². The van der Waals surface area contributed by atoms with Crippen molar-refractivity contribution in [3.63, 3.8) is 0 Å². The first-order chi connectivity index (χ1) is 13.0. The molecular weight excluding hydrogens is 360 g/mol. The molecule has 0 spiro atoms. The molecule has 2 aromatic carbocycles. The van der Waals surface area contributed by atoms with Crippen molar-refractivity contribution in [2.45, 2.75) is 12.7 Å². The lowest BCUT2D eigenvalue weighted by molar-refractivity contribution is -0.385. The number of non-ortho nitro benzene ring substituents is 1. The Morgan fingerprint density at radius 3 is 2.26 bits per heavy atom. The second-order valence-corrected chi connectivity index (χ2v) is 5.60. The standard InChI is InChI=1S/C17H14N2O8/c20-16(11-2-5-13(6-3-11)18(21)22)27-15-7-4-12(10-14(15)19(23)24)17-25-8-1-9-26-17/h2-7,10,17H,1,8-9H2. The van der Waals surface area contributed by atoms with E-state index in [9.17, 15) is 25.0 Å². The van der Waals surface area contributed by atoms with Crippen LogP contribution in [-0.4, -0.2) is 29.0 Å². The number of nitro groups is 2. The number of nitrogens with zero attached hydrogens (tertiary/aromatic N) is 2. The molecule has 1 heterocycles. The topological polar surface area (TPSA) is 131 Å². The van der Waals surface area contributed by atoms with Crippen LogP contribution in [0.5, 0.6) is 5.75 Å². The number of carbonyl (C=O) groups is 1. The Balaban J connectivity index is 1.81. The van der Waals surface area contributed by atoms with Crippen molar-refractivity contribution < 1.29 is 28.9 Å². The Bertz CT molecular complexity index is 875. The molecule has 1 fully saturated rings. The van der Waals surface area contributed by atoms with Gasteiger partial charge in [-0.1, -0.05) is 0 Å². The Kier molecular flexibility index (Phi) is 5.38. The summed E-state index contributed by atoms with van der Waals surface area (Å²) < 4.78 is 15.9.